The number of carbonyl (C=O) groups is 1. The molecule has 0 spiro atoms. The molecule has 1 heterocycles. The number of aryl methyl sites for hydroxylation is 2. The first-order valence-corrected chi connectivity index (χ1v) is 5.28. The second kappa shape index (κ2) is 4.05. The van der Waals surface area contributed by atoms with E-state index >= 15 is 0 Å². The number of hydrogen-bond acceptors (Lipinski definition) is 3. The van der Waals surface area contributed by atoms with Crippen LogP contribution in [0.5, 0.6) is 0 Å². The Morgan fingerprint density at radius 3 is 2.59 bits per heavy atom. The van der Waals surface area contributed by atoms with Crippen LogP contribution in [0, 0.1) is 20.8 Å². The van der Waals surface area contributed by atoms with Gasteiger partial charge in [-0.2, -0.15) is 0 Å². The Morgan fingerprint density at radius 1 is 1.29 bits per heavy atom. The number of aromatic nitrogens is 1. The van der Waals surface area contributed by atoms with Crippen LogP contribution in [0.2, 0.25) is 0 Å². The van der Waals surface area contributed by atoms with Gasteiger partial charge in [0.25, 0.3) is 0 Å². The average molecular weight is 231 g/mol. The molecule has 2 rings (SSSR count). The van der Waals surface area contributed by atoms with Crippen LogP contribution >= 0.6 is 0 Å². The molecule has 0 aliphatic carbocycles. The molecular weight excluding hydrogens is 218 g/mol. The summed E-state index contributed by atoms with van der Waals surface area (Å²) in [6.07, 6.45) is 0. The molecule has 0 fully saturated rings. The van der Waals surface area contributed by atoms with Crippen LogP contribution in [0.4, 0.5) is 0 Å². The van der Waals surface area contributed by atoms with Gasteiger partial charge in [0.2, 0.25) is 5.89 Å². The van der Waals surface area contributed by atoms with E-state index in [1.807, 2.05) is 32.0 Å². The largest absolute Gasteiger partial charge is 0.476 e. The fourth-order valence-electron chi connectivity index (χ4n) is 1.69. The Hall–Kier alpha value is -2.10. The quantitative estimate of drug-likeness (QED) is 0.863. The van der Waals surface area contributed by atoms with Gasteiger partial charge in [0, 0.05) is 5.56 Å². The predicted octanol–water partition coefficient (Wildman–Crippen LogP) is 2.97. The van der Waals surface area contributed by atoms with Crippen molar-refractivity contribution in [2.75, 3.05) is 0 Å². The summed E-state index contributed by atoms with van der Waals surface area (Å²) in [6, 6.07) is 5.77. The van der Waals surface area contributed by atoms with Gasteiger partial charge < -0.3 is 9.52 Å². The van der Waals surface area contributed by atoms with E-state index in [4.69, 9.17) is 9.52 Å². The number of oxazole rings is 1. The lowest BCUT2D eigenvalue weighted by atomic mass is 10.0. The smallest absolute Gasteiger partial charge is 0.358 e. The molecule has 0 unspecified atom stereocenters. The van der Waals surface area contributed by atoms with Crippen LogP contribution in [0.25, 0.3) is 11.5 Å². The molecule has 0 saturated heterocycles. The summed E-state index contributed by atoms with van der Waals surface area (Å²) in [7, 11) is 0. The maximum atomic E-state index is 10.9. The zero-order valence-electron chi connectivity index (χ0n) is 9.94. The molecule has 4 heteroatoms. The van der Waals surface area contributed by atoms with Crippen molar-refractivity contribution >= 4 is 5.97 Å². The normalized spacial score (nSPS) is 10.5. The van der Waals surface area contributed by atoms with Crippen LogP contribution in [0.1, 0.15) is 27.4 Å². The highest BCUT2D eigenvalue weighted by Crippen LogP contribution is 2.26. The van der Waals surface area contributed by atoms with Crippen molar-refractivity contribution in [1.82, 2.24) is 4.98 Å². The van der Waals surface area contributed by atoms with Crippen LogP contribution in [-0.2, 0) is 0 Å². The van der Waals surface area contributed by atoms with Gasteiger partial charge >= 0.3 is 5.97 Å². The highest BCUT2D eigenvalue weighted by molar-refractivity contribution is 5.87. The summed E-state index contributed by atoms with van der Waals surface area (Å²) in [5.74, 6) is -0.377. The Bertz CT molecular complexity index is 584. The van der Waals surface area contributed by atoms with Crippen molar-refractivity contribution in [2.45, 2.75) is 20.8 Å². The van der Waals surface area contributed by atoms with Crippen molar-refractivity contribution in [3.8, 4) is 11.5 Å². The third kappa shape index (κ3) is 1.93. The Kier molecular flexibility index (Phi) is 2.71. The summed E-state index contributed by atoms with van der Waals surface area (Å²) in [5, 5.41) is 8.93. The first-order valence-electron chi connectivity index (χ1n) is 5.28. The maximum Gasteiger partial charge on any atom is 0.358 e. The lowest BCUT2D eigenvalue weighted by molar-refractivity contribution is 0.0689. The summed E-state index contributed by atoms with van der Waals surface area (Å²) in [6.45, 7) is 5.56. The van der Waals surface area contributed by atoms with E-state index in [9.17, 15) is 4.79 Å². The molecule has 0 aliphatic heterocycles. The van der Waals surface area contributed by atoms with E-state index < -0.39 is 5.97 Å². The Balaban J connectivity index is 2.58. The summed E-state index contributed by atoms with van der Waals surface area (Å²) >= 11 is 0. The first-order chi connectivity index (χ1) is 8.00. The molecule has 1 aromatic carbocycles. The van der Waals surface area contributed by atoms with E-state index in [2.05, 4.69) is 4.98 Å². The second-order valence-corrected chi connectivity index (χ2v) is 3.98. The minimum atomic E-state index is -1.07. The van der Waals surface area contributed by atoms with Crippen molar-refractivity contribution in [1.29, 1.82) is 0 Å². The zero-order valence-corrected chi connectivity index (χ0v) is 9.94. The number of aromatic carboxylic acids is 1. The van der Waals surface area contributed by atoms with Gasteiger partial charge in [-0.05, 0) is 38.0 Å². The van der Waals surface area contributed by atoms with E-state index in [0.717, 1.165) is 16.7 Å². The highest BCUT2D eigenvalue weighted by Gasteiger charge is 2.18. The molecule has 1 N–H and O–H groups in total. The van der Waals surface area contributed by atoms with Gasteiger partial charge in [-0.3, -0.25) is 0 Å². The molecular formula is C13H13NO3. The first kappa shape index (κ1) is 11.4. The molecule has 0 amide bonds. The van der Waals surface area contributed by atoms with Crippen molar-refractivity contribution in [2.24, 2.45) is 0 Å². The lowest BCUT2D eigenvalue weighted by Gasteiger charge is -2.03. The molecule has 0 radical (unpaired) electrons. The molecule has 0 atom stereocenters. The SMILES string of the molecule is Cc1cccc(-c2nc(C(=O)O)c(C)o2)c1C. The Morgan fingerprint density at radius 2 is 2.00 bits per heavy atom. The fraction of sp³-hybridized carbons (Fsp3) is 0.231. The number of rotatable bonds is 2. The maximum absolute atomic E-state index is 10.9. The Labute approximate surface area is 98.9 Å². The van der Waals surface area contributed by atoms with Gasteiger partial charge in [0.15, 0.2) is 5.69 Å². The van der Waals surface area contributed by atoms with Crippen molar-refractivity contribution < 1.29 is 14.3 Å². The number of hydrogen-bond donors (Lipinski definition) is 1. The molecule has 4 nitrogen and oxygen atoms in total. The zero-order chi connectivity index (χ0) is 12.6. The van der Waals surface area contributed by atoms with Crippen LogP contribution in [0.3, 0.4) is 0 Å². The summed E-state index contributed by atoms with van der Waals surface area (Å²) in [4.78, 5) is 14.9. The van der Waals surface area contributed by atoms with Crippen LogP contribution in [-0.4, -0.2) is 16.1 Å². The standard InChI is InChI=1S/C13H13NO3/c1-7-5-4-6-10(8(7)2)12-14-11(13(15)16)9(3)17-12/h4-6H,1-3H3,(H,15,16). The van der Waals surface area contributed by atoms with Crippen molar-refractivity contribution in [3.63, 3.8) is 0 Å². The monoisotopic (exact) mass is 231 g/mol. The summed E-state index contributed by atoms with van der Waals surface area (Å²) in [5.41, 5.74) is 2.97. The van der Waals surface area contributed by atoms with Gasteiger partial charge in [-0.1, -0.05) is 12.1 Å². The highest BCUT2D eigenvalue weighted by atomic mass is 16.4. The third-order valence-corrected chi connectivity index (χ3v) is 2.83. The topological polar surface area (TPSA) is 63.3 Å². The molecule has 2 aromatic rings. The molecule has 1 aromatic heterocycles. The fourth-order valence-corrected chi connectivity index (χ4v) is 1.69. The number of carboxylic acid groups (broad SMARTS) is 1. The number of carboxylic acids is 1. The number of benzene rings is 1. The predicted molar refractivity (Wildman–Crippen MR) is 63.1 cm³/mol. The van der Waals surface area contributed by atoms with Gasteiger partial charge in [0.05, 0.1) is 0 Å². The van der Waals surface area contributed by atoms with Crippen LogP contribution < -0.4 is 0 Å². The molecule has 0 aliphatic rings. The second-order valence-electron chi connectivity index (χ2n) is 3.98. The van der Waals surface area contributed by atoms with E-state index in [0.29, 0.717) is 11.7 Å². The minimum Gasteiger partial charge on any atom is -0.476 e. The van der Waals surface area contributed by atoms with Crippen LogP contribution in [0.15, 0.2) is 22.6 Å². The average Bonchev–Trinajstić information content (AvgIpc) is 2.64. The van der Waals surface area contributed by atoms with Crippen molar-refractivity contribution in [3.05, 3.63) is 40.8 Å². The molecule has 88 valence electrons. The summed E-state index contributed by atoms with van der Waals surface area (Å²) < 4.78 is 5.41. The number of nitrogens with zero attached hydrogens (tertiary/aromatic N) is 1. The third-order valence-electron chi connectivity index (χ3n) is 2.83. The van der Waals surface area contributed by atoms with E-state index in [-0.39, 0.29) is 5.69 Å². The van der Waals surface area contributed by atoms with Gasteiger partial charge in [-0.15, -0.1) is 0 Å². The molecule has 0 saturated carbocycles. The minimum absolute atomic E-state index is 0.0269. The molecule has 17 heavy (non-hydrogen) atoms. The van der Waals surface area contributed by atoms with E-state index in [1.54, 1.807) is 6.92 Å². The van der Waals surface area contributed by atoms with Gasteiger partial charge in [0.1, 0.15) is 5.76 Å². The lowest BCUT2D eigenvalue weighted by Crippen LogP contribution is -1.98. The van der Waals surface area contributed by atoms with Gasteiger partial charge in [-0.25, -0.2) is 9.78 Å². The molecule has 0 bridgehead atoms. The van der Waals surface area contributed by atoms with E-state index in [1.165, 1.54) is 0 Å².